The molecule has 0 radical (unpaired) electrons. The Balaban J connectivity index is 2.11. The molecule has 0 bridgehead atoms. The maximum absolute atomic E-state index is 12.6. The first kappa shape index (κ1) is 10.6. The minimum absolute atomic E-state index is 0.293. The van der Waals surface area contributed by atoms with Crippen molar-refractivity contribution < 1.29 is 9.13 Å². The van der Waals surface area contributed by atoms with Gasteiger partial charge >= 0.3 is 0 Å². The van der Waals surface area contributed by atoms with Gasteiger partial charge in [-0.3, -0.25) is 0 Å². The highest BCUT2D eigenvalue weighted by molar-refractivity contribution is 5.28. The van der Waals surface area contributed by atoms with Crippen LogP contribution in [0.5, 0.6) is 11.6 Å². The molecule has 2 aromatic rings. The van der Waals surface area contributed by atoms with E-state index in [1.165, 1.54) is 12.1 Å². The second-order valence-corrected chi connectivity index (χ2v) is 3.26. The molecular formula is C12H11FN2O. The highest BCUT2D eigenvalue weighted by Crippen LogP contribution is 2.19. The zero-order valence-electron chi connectivity index (χ0n) is 8.56. The van der Waals surface area contributed by atoms with Crippen LogP contribution < -0.4 is 10.5 Å². The van der Waals surface area contributed by atoms with E-state index in [1.807, 2.05) is 6.07 Å². The molecule has 1 aromatic carbocycles. The Morgan fingerprint density at radius 2 is 1.88 bits per heavy atom. The molecule has 1 heterocycles. The molecule has 3 nitrogen and oxygen atoms in total. The molecule has 0 fully saturated rings. The Morgan fingerprint density at radius 1 is 1.12 bits per heavy atom. The van der Waals surface area contributed by atoms with Crippen molar-refractivity contribution in [2.24, 2.45) is 5.73 Å². The minimum Gasteiger partial charge on any atom is -0.439 e. The largest absolute Gasteiger partial charge is 0.439 e. The molecule has 0 aliphatic rings. The number of aromatic nitrogens is 1. The van der Waals surface area contributed by atoms with Gasteiger partial charge in [0.25, 0.3) is 0 Å². The number of benzene rings is 1. The minimum atomic E-state index is -0.293. The van der Waals surface area contributed by atoms with E-state index >= 15 is 0 Å². The van der Waals surface area contributed by atoms with Crippen LogP contribution in [0.2, 0.25) is 0 Å². The molecule has 0 spiro atoms. The first-order valence-electron chi connectivity index (χ1n) is 4.86. The Bertz CT molecular complexity index is 453. The Labute approximate surface area is 92.7 Å². The third kappa shape index (κ3) is 2.55. The van der Waals surface area contributed by atoms with Gasteiger partial charge in [-0.2, -0.15) is 0 Å². The number of nitrogens with zero attached hydrogens (tertiary/aromatic N) is 1. The maximum atomic E-state index is 12.6. The summed E-state index contributed by atoms with van der Waals surface area (Å²) in [6, 6.07) is 9.34. The predicted octanol–water partition coefficient (Wildman–Crippen LogP) is 2.47. The van der Waals surface area contributed by atoms with E-state index < -0.39 is 0 Å². The molecule has 2 rings (SSSR count). The van der Waals surface area contributed by atoms with E-state index in [2.05, 4.69) is 4.98 Å². The van der Waals surface area contributed by atoms with Crippen LogP contribution in [0.25, 0.3) is 0 Å². The summed E-state index contributed by atoms with van der Waals surface area (Å²) in [5.74, 6) is 0.719. The van der Waals surface area contributed by atoms with Crippen molar-refractivity contribution in [1.29, 1.82) is 0 Å². The van der Waals surface area contributed by atoms with E-state index in [0.717, 1.165) is 5.56 Å². The van der Waals surface area contributed by atoms with Gasteiger partial charge < -0.3 is 10.5 Å². The van der Waals surface area contributed by atoms with Crippen LogP contribution in [0.4, 0.5) is 4.39 Å². The molecule has 0 atom stereocenters. The zero-order chi connectivity index (χ0) is 11.4. The summed E-state index contributed by atoms with van der Waals surface area (Å²) < 4.78 is 18.1. The molecule has 4 heteroatoms. The fourth-order valence-corrected chi connectivity index (χ4v) is 1.22. The van der Waals surface area contributed by atoms with Crippen molar-refractivity contribution >= 4 is 0 Å². The lowest BCUT2D eigenvalue weighted by Crippen LogP contribution is -1.97. The topological polar surface area (TPSA) is 48.1 Å². The monoisotopic (exact) mass is 218 g/mol. The van der Waals surface area contributed by atoms with Crippen LogP contribution in [0.3, 0.4) is 0 Å². The van der Waals surface area contributed by atoms with Crippen molar-refractivity contribution in [2.45, 2.75) is 6.54 Å². The molecule has 1 aromatic heterocycles. The van der Waals surface area contributed by atoms with Crippen molar-refractivity contribution in [3.8, 4) is 11.6 Å². The first-order valence-corrected chi connectivity index (χ1v) is 4.86. The summed E-state index contributed by atoms with van der Waals surface area (Å²) in [6.45, 7) is 0.448. The van der Waals surface area contributed by atoms with Gasteiger partial charge in [-0.05, 0) is 29.8 Å². The van der Waals surface area contributed by atoms with Crippen molar-refractivity contribution in [1.82, 2.24) is 4.98 Å². The highest BCUT2D eigenvalue weighted by Gasteiger charge is 1.98. The molecular weight excluding hydrogens is 207 g/mol. The van der Waals surface area contributed by atoms with Crippen LogP contribution in [0.15, 0.2) is 42.6 Å². The smallest absolute Gasteiger partial charge is 0.219 e. The van der Waals surface area contributed by atoms with E-state index in [-0.39, 0.29) is 5.82 Å². The number of rotatable bonds is 3. The summed E-state index contributed by atoms with van der Waals surface area (Å²) in [5, 5.41) is 0. The van der Waals surface area contributed by atoms with Crippen LogP contribution >= 0.6 is 0 Å². The quantitative estimate of drug-likeness (QED) is 0.860. The molecule has 82 valence electrons. The third-order valence-corrected chi connectivity index (χ3v) is 2.07. The summed E-state index contributed by atoms with van der Waals surface area (Å²) in [5.41, 5.74) is 6.38. The lowest BCUT2D eigenvalue weighted by molar-refractivity contribution is 0.461. The van der Waals surface area contributed by atoms with Crippen LogP contribution in [-0.2, 0) is 6.54 Å². The zero-order valence-corrected chi connectivity index (χ0v) is 8.56. The van der Waals surface area contributed by atoms with E-state index in [0.29, 0.717) is 18.2 Å². The lowest BCUT2D eigenvalue weighted by Gasteiger charge is -2.04. The Morgan fingerprint density at radius 3 is 2.44 bits per heavy atom. The fraction of sp³-hybridized carbons (Fsp3) is 0.0833. The SMILES string of the molecule is NCc1ccc(Oc2ccc(F)cc2)nc1. The first-order chi connectivity index (χ1) is 7.78. The van der Waals surface area contributed by atoms with Gasteiger partial charge in [0.05, 0.1) is 0 Å². The predicted molar refractivity (Wildman–Crippen MR) is 58.6 cm³/mol. The second-order valence-electron chi connectivity index (χ2n) is 3.26. The van der Waals surface area contributed by atoms with Gasteiger partial charge in [0.15, 0.2) is 0 Å². The number of halogens is 1. The maximum Gasteiger partial charge on any atom is 0.219 e. The van der Waals surface area contributed by atoms with Crippen molar-refractivity contribution in [3.05, 3.63) is 54.0 Å². The van der Waals surface area contributed by atoms with Gasteiger partial charge in [-0.25, -0.2) is 9.37 Å². The van der Waals surface area contributed by atoms with Gasteiger partial charge in [-0.1, -0.05) is 6.07 Å². The van der Waals surface area contributed by atoms with Gasteiger partial charge in [0.1, 0.15) is 11.6 Å². The van der Waals surface area contributed by atoms with Crippen LogP contribution in [0, 0.1) is 5.82 Å². The number of ether oxygens (including phenoxy) is 1. The molecule has 2 N–H and O–H groups in total. The van der Waals surface area contributed by atoms with E-state index in [4.69, 9.17) is 10.5 Å². The van der Waals surface area contributed by atoms with E-state index in [9.17, 15) is 4.39 Å². The Hall–Kier alpha value is -1.94. The lowest BCUT2D eigenvalue weighted by atomic mass is 10.3. The number of hydrogen-bond acceptors (Lipinski definition) is 3. The van der Waals surface area contributed by atoms with Gasteiger partial charge in [-0.15, -0.1) is 0 Å². The third-order valence-electron chi connectivity index (χ3n) is 2.07. The molecule has 0 aliphatic heterocycles. The average molecular weight is 218 g/mol. The summed E-state index contributed by atoms with van der Waals surface area (Å²) >= 11 is 0. The standard InChI is InChI=1S/C12H11FN2O/c13-10-2-4-11(5-3-10)16-12-6-1-9(7-14)8-15-12/h1-6,8H,7,14H2. The van der Waals surface area contributed by atoms with Crippen LogP contribution in [0.1, 0.15) is 5.56 Å². The molecule has 0 saturated heterocycles. The molecule has 0 aliphatic carbocycles. The Kier molecular flexibility index (Phi) is 3.12. The molecule has 0 saturated carbocycles. The second kappa shape index (κ2) is 4.72. The molecule has 0 unspecified atom stereocenters. The summed E-state index contributed by atoms with van der Waals surface area (Å²) in [4.78, 5) is 4.07. The fourth-order valence-electron chi connectivity index (χ4n) is 1.22. The molecule has 0 amide bonds. The van der Waals surface area contributed by atoms with Crippen molar-refractivity contribution in [3.63, 3.8) is 0 Å². The average Bonchev–Trinajstić information content (AvgIpc) is 2.33. The number of hydrogen-bond donors (Lipinski definition) is 1. The summed E-state index contributed by atoms with van der Waals surface area (Å²) in [6.07, 6.45) is 1.65. The van der Waals surface area contributed by atoms with Crippen LogP contribution in [-0.4, -0.2) is 4.98 Å². The van der Waals surface area contributed by atoms with E-state index in [1.54, 1.807) is 24.4 Å². The normalized spacial score (nSPS) is 10.1. The number of pyridine rings is 1. The van der Waals surface area contributed by atoms with Gasteiger partial charge in [0, 0.05) is 18.8 Å². The number of nitrogens with two attached hydrogens (primary N) is 1. The van der Waals surface area contributed by atoms with Gasteiger partial charge in [0.2, 0.25) is 5.88 Å². The summed E-state index contributed by atoms with van der Waals surface area (Å²) in [7, 11) is 0. The van der Waals surface area contributed by atoms with Crippen molar-refractivity contribution in [2.75, 3.05) is 0 Å². The highest BCUT2D eigenvalue weighted by atomic mass is 19.1. The molecule has 16 heavy (non-hydrogen) atoms.